The number of para-hydroxylation sites is 1. The summed E-state index contributed by atoms with van der Waals surface area (Å²) in [5.74, 6) is 0. The Labute approximate surface area is 147 Å². The summed E-state index contributed by atoms with van der Waals surface area (Å²) < 4.78 is 1.94. The minimum Gasteiger partial charge on any atom is -0.392 e. The number of pyridine rings is 1. The number of hydrogen-bond donors (Lipinski definition) is 1. The van der Waals surface area contributed by atoms with E-state index in [2.05, 4.69) is 28.2 Å². The molecule has 0 bridgehead atoms. The maximum Gasteiger partial charge on any atom is 0.0973 e. The first kappa shape index (κ1) is 16.0. The van der Waals surface area contributed by atoms with Gasteiger partial charge < -0.3 is 5.11 Å². The second kappa shape index (κ2) is 7.17. The van der Waals surface area contributed by atoms with Crippen LogP contribution in [0.25, 0.3) is 16.9 Å². The normalized spacial score (nSPS) is 18.4. The number of piperidine rings is 1. The molecule has 4 rings (SSSR count). The Bertz CT molecular complexity index is 816. The van der Waals surface area contributed by atoms with E-state index < -0.39 is 0 Å². The third-order valence-corrected chi connectivity index (χ3v) is 4.64. The van der Waals surface area contributed by atoms with Crippen molar-refractivity contribution < 1.29 is 5.11 Å². The highest BCUT2D eigenvalue weighted by atomic mass is 16.3. The van der Waals surface area contributed by atoms with E-state index in [9.17, 15) is 5.11 Å². The molecule has 5 heteroatoms. The fourth-order valence-corrected chi connectivity index (χ4v) is 3.41. The van der Waals surface area contributed by atoms with Crippen molar-refractivity contribution in [2.75, 3.05) is 13.1 Å². The molecule has 1 N–H and O–H groups in total. The Morgan fingerprint density at radius 3 is 2.64 bits per heavy atom. The van der Waals surface area contributed by atoms with Gasteiger partial charge in [0.05, 0.1) is 17.5 Å². The van der Waals surface area contributed by atoms with Crippen molar-refractivity contribution in [2.24, 2.45) is 0 Å². The minimum atomic E-state index is -0.220. The summed E-state index contributed by atoms with van der Waals surface area (Å²) in [7, 11) is 0. The van der Waals surface area contributed by atoms with Crippen molar-refractivity contribution in [3.8, 4) is 16.9 Å². The molecule has 3 heterocycles. The Morgan fingerprint density at radius 1 is 1.08 bits per heavy atom. The average Bonchev–Trinajstić information content (AvgIpc) is 3.07. The van der Waals surface area contributed by atoms with Gasteiger partial charge in [-0.25, -0.2) is 4.68 Å². The molecule has 1 aliphatic rings. The number of hydrogen-bond acceptors (Lipinski definition) is 4. The molecule has 0 saturated carbocycles. The van der Waals surface area contributed by atoms with Gasteiger partial charge in [0.2, 0.25) is 0 Å². The second-order valence-corrected chi connectivity index (χ2v) is 6.55. The summed E-state index contributed by atoms with van der Waals surface area (Å²) in [6.45, 7) is 2.54. The molecule has 25 heavy (non-hydrogen) atoms. The van der Waals surface area contributed by atoms with E-state index in [-0.39, 0.29) is 6.10 Å². The van der Waals surface area contributed by atoms with Crippen LogP contribution in [0.4, 0.5) is 0 Å². The molecule has 2 aromatic heterocycles. The van der Waals surface area contributed by atoms with Gasteiger partial charge >= 0.3 is 0 Å². The molecule has 1 atom stereocenters. The largest absolute Gasteiger partial charge is 0.392 e. The minimum absolute atomic E-state index is 0.220. The predicted octanol–water partition coefficient (Wildman–Crippen LogP) is 2.89. The molecule has 0 amide bonds. The maximum atomic E-state index is 9.96. The van der Waals surface area contributed by atoms with Crippen molar-refractivity contribution in [3.05, 3.63) is 66.6 Å². The van der Waals surface area contributed by atoms with Gasteiger partial charge in [-0.15, -0.1) is 0 Å². The summed E-state index contributed by atoms with van der Waals surface area (Å²) in [4.78, 5) is 6.42. The molecule has 0 radical (unpaired) electrons. The Kier molecular flexibility index (Phi) is 4.59. The summed E-state index contributed by atoms with van der Waals surface area (Å²) in [6.07, 6.45) is 7.42. The van der Waals surface area contributed by atoms with Crippen LogP contribution in [0.3, 0.4) is 0 Å². The molecule has 128 valence electrons. The number of β-amino-alcohol motifs (C(OH)–C–C–N with tert-alkyl or cyclic N) is 1. The molecule has 3 aromatic rings. The van der Waals surface area contributed by atoms with Gasteiger partial charge in [0.15, 0.2) is 0 Å². The van der Waals surface area contributed by atoms with Gasteiger partial charge in [0, 0.05) is 42.8 Å². The van der Waals surface area contributed by atoms with E-state index >= 15 is 0 Å². The zero-order chi connectivity index (χ0) is 17.1. The average molecular weight is 334 g/mol. The van der Waals surface area contributed by atoms with E-state index in [1.165, 1.54) is 5.56 Å². The van der Waals surface area contributed by atoms with E-state index in [4.69, 9.17) is 5.10 Å². The molecular weight excluding hydrogens is 312 g/mol. The third kappa shape index (κ3) is 3.62. The van der Waals surface area contributed by atoms with Gasteiger partial charge in [-0.05, 0) is 43.7 Å². The first-order chi connectivity index (χ1) is 12.3. The van der Waals surface area contributed by atoms with Crippen molar-refractivity contribution in [3.63, 3.8) is 0 Å². The maximum absolute atomic E-state index is 9.96. The van der Waals surface area contributed by atoms with Gasteiger partial charge in [0.1, 0.15) is 0 Å². The molecule has 1 aliphatic heterocycles. The highest BCUT2D eigenvalue weighted by Gasteiger charge is 2.20. The number of benzene rings is 1. The fourth-order valence-electron chi connectivity index (χ4n) is 3.41. The number of aliphatic hydroxyl groups excluding tert-OH is 1. The SMILES string of the molecule is OC1CCCN(Cc2cn(-c3ccccc3)nc2-c2ccncc2)C1. The topological polar surface area (TPSA) is 54.2 Å². The summed E-state index contributed by atoms with van der Waals surface area (Å²) >= 11 is 0. The smallest absolute Gasteiger partial charge is 0.0973 e. The van der Waals surface area contributed by atoms with Crippen LogP contribution in [-0.2, 0) is 6.54 Å². The molecular formula is C20H22N4O. The van der Waals surface area contributed by atoms with Crippen LogP contribution in [0.2, 0.25) is 0 Å². The van der Waals surface area contributed by atoms with E-state index in [1.54, 1.807) is 12.4 Å². The lowest BCUT2D eigenvalue weighted by Crippen LogP contribution is -2.37. The van der Waals surface area contributed by atoms with Gasteiger partial charge in [-0.3, -0.25) is 9.88 Å². The summed E-state index contributed by atoms with van der Waals surface area (Å²) in [5, 5.41) is 14.8. The molecule has 1 unspecified atom stereocenters. The molecule has 0 spiro atoms. The lowest BCUT2D eigenvalue weighted by Gasteiger charge is -2.29. The Balaban J connectivity index is 1.69. The molecule has 0 aliphatic carbocycles. The van der Waals surface area contributed by atoms with E-state index in [0.717, 1.165) is 49.4 Å². The van der Waals surface area contributed by atoms with Gasteiger partial charge in [-0.2, -0.15) is 5.10 Å². The van der Waals surface area contributed by atoms with Crippen LogP contribution in [0, 0.1) is 0 Å². The lowest BCUT2D eigenvalue weighted by atomic mass is 10.1. The second-order valence-electron chi connectivity index (χ2n) is 6.55. The Morgan fingerprint density at radius 2 is 1.88 bits per heavy atom. The van der Waals surface area contributed by atoms with Crippen molar-refractivity contribution in [1.29, 1.82) is 0 Å². The number of rotatable bonds is 4. The highest BCUT2D eigenvalue weighted by Crippen LogP contribution is 2.25. The number of aromatic nitrogens is 3. The van der Waals surface area contributed by atoms with E-state index in [0.29, 0.717) is 0 Å². The molecule has 1 saturated heterocycles. The number of aliphatic hydroxyl groups is 1. The van der Waals surface area contributed by atoms with Crippen molar-refractivity contribution in [2.45, 2.75) is 25.5 Å². The van der Waals surface area contributed by atoms with Crippen LogP contribution in [0.5, 0.6) is 0 Å². The zero-order valence-corrected chi connectivity index (χ0v) is 14.1. The van der Waals surface area contributed by atoms with Crippen LogP contribution in [0.15, 0.2) is 61.1 Å². The summed E-state index contributed by atoms with van der Waals surface area (Å²) in [6, 6.07) is 14.1. The predicted molar refractivity (Wildman–Crippen MR) is 97.3 cm³/mol. The van der Waals surface area contributed by atoms with Crippen LogP contribution < -0.4 is 0 Å². The standard InChI is InChI=1S/C20H22N4O/c25-19-7-4-12-23(15-19)13-17-14-24(18-5-2-1-3-6-18)22-20(17)16-8-10-21-11-9-16/h1-3,5-6,8-11,14,19,25H,4,7,12-13,15H2. The molecule has 1 aromatic carbocycles. The van der Waals surface area contributed by atoms with Gasteiger partial charge in [-0.1, -0.05) is 18.2 Å². The number of nitrogens with zero attached hydrogens (tertiary/aromatic N) is 4. The quantitative estimate of drug-likeness (QED) is 0.797. The van der Waals surface area contributed by atoms with Gasteiger partial charge in [0.25, 0.3) is 0 Å². The first-order valence-corrected chi connectivity index (χ1v) is 8.74. The highest BCUT2D eigenvalue weighted by molar-refractivity contribution is 5.62. The van der Waals surface area contributed by atoms with Crippen molar-refractivity contribution >= 4 is 0 Å². The zero-order valence-electron chi connectivity index (χ0n) is 14.1. The van der Waals surface area contributed by atoms with Crippen LogP contribution in [0.1, 0.15) is 18.4 Å². The monoisotopic (exact) mass is 334 g/mol. The lowest BCUT2D eigenvalue weighted by molar-refractivity contribution is 0.0669. The Hall–Kier alpha value is -2.50. The van der Waals surface area contributed by atoms with E-state index in [1.807, 2.05) is 35.0 Å². The fraction of sp³-hybridized carbons (Fsp3) is 0.300. The first-order valence-electron chi connectivity index (χ1n) is 8.74. The van der Waals surface area contributed by atoms with Crippen molar-refractivity contribution in [1.82, 2.24) is 19.7 Å². The molecule has 1 fully saturated rings. The summed E-state index contributed by atoms with van der Waals surface area (Å²) in [5.41, 5.74) is 4.26. The molecule has 5 nitrogen and oxygen atoms in total. The van der Waals surface area contributed by atoms with Crippen LogP contribution in [-0.4, -0.2) is 44.0 Å². The third-order valence-electron chi connectivity index (χ3n) is 4.64. The number of likely N-dealkylation sites (tertiary alicyclic amines) is 1. The van der Waals surface area contributed by atoms with Crippen LogP contribution >= 0.6 is 0 Å².